The second-order valence-corrected chi connectivity index (χ2v) is 12.0. The largest absolute Gasteiger partial charge is 0.490 e. The third kappa shape index (κ3) is 7.13. The average Bonchev–Trinajstić information content (AvgIpc) is 3.22. The van der Waals surface area contributed by atoms with Gasteiger partial charge in [0.2, 0.25) is 5.91 Å². The molecule has 1 amide bonds. The van der Waals surface area contributed by atoms with Crippen molar-refractivity contribution in [2.24, 2.45) is 17.3 Å². The molecule has 2 aliphatic carbocycles. The van der Waals surface area contributed by atoms with Gasteiger partial charge in [-0.05, 0) is 77.5 Å². The number of amides is 1. The second-order valence-electron chi connectivity index (χ2n) is 11.0. The summed E-state index contributed by atoms with van der Waals surface area (Å²) in [5.41, 5.74) is 0.273. The summed E-state index contributed by atoms with van der Waals surface area (Å²) in [6, 6.07) is 1.69. The molecule has 0 aromatic carbocycles. The quantitative estimate of drug-likeness (QED) is 0.229. The van der Waals surface area contributed by atoms with Crippen molar-refractivity contribution < 1.29 is 19.4 Å². The molecular weight excluding hydrogens is 470 g/mol. The van der Waals surface area contributed by atoms with Crippen LogP contribution in [-0.2, 0) is 9.53 Å². The van der Waals surface area contributed by atoms with Crippen LogP contribution in [0.25, 0.3) is 0 Å². The number of hydrogen-bond donors (Lipinski definition) is 1. The first-order chi connectivity index (χ1) is 17.0. The molecule has 1 heterocycles. The van der Waals surface area contributed by atoms with Crippen LogP contribution in [0, 0.1) is 29.1 Å². The molecule has 0 bridgehead atoms. The van der Waals surface area contributed by atoms with Crippen LogP contribution in [0.5, 0.6) is 0 Å². The standard InChI is InChI=1S/C30H39NO4S/c1-7-9-10-23(8-2)35-24-17-22(18-24)31(28(32)21-13-11-20(3)12-14-21)26-19-25(15-16-30(4,5)6)36-27(26)29(33)34/h7-10,19-22,24H,2,11-14,17-18H2,1,3-6H3,(H,33,34)/b9-7-,23-10+. The Morgan fingerprint density at radius 3 is 2.44 bits per heavy atom. The van der Waals surface area contributed by atoms with Crippen LogP contribution in [0.3, 0.4) is 0 Å². The fraction of sp³-hybridized carbons (Fsp3) is 0.533. The number of carboxylic acids is 1. The van der Waals surface area contributed by atoms with Gasteiger partial charge in [-0.25, -0.2) is 4.79 Å². The number of thiophene rings is 1. The summed E-state index contributed by atoms with van der Waals surface area (Å²) in [5.74, 6) is 6.57. The number of carbonyl (C=O) groups is 2. The van der Waals surface area contributed by atoms with Gasteiger partial charge in [-0.2, -0.15) is 0 Å². The molecule has 0 unspecified atom stereocenters. The molecule has 0 spiro atoms. The Morgan fingerprint density at radius 2 is 1.89 bits per heavy atom. The maximum atomic E-state index is 13.9. The minimum Gasteiger partial charge on any atom is -0.490 e. The molecule has 2 saturated carbocycles. The van der Waals surface area contributed by atoms with Crippen LogP contribution in [0.1, 0.15) is 87.7 Å². The Hall–Kier alpha value is -2.78. The highest BCUT2D eigenvalue weighted by molar-refractivity contribution is 7.15. The molecule has 36 heavy (non-hydrogen) atoms. The van der Waals surface area contributed by atoms with E-state index in [1.165, 1.54) is 0 Å². The van der Waals surface area contributed by atoms with Crippen LogP contribution in [0.4, 0.5) is 5.69 Å². The minimum absolute atomic E-state index is 0.0365. The molecule has 0 atom stereocenters. The topological polar surface area (TPSA) is 66.8 Å². The summed E-state index contributed by atoms with van der Waals surface area (Å²) in [5, 5.41) is 10.0. The third-order valence-electron chi connectivity index (χ3n) is 6.72. The molecule has 1 aromatic rings. The zero-order valence-electron chi connectivity index (χ0n) is 22.2. The van der Waals surface area contributed by atoms with Crippen molar-refractivity contribution in [2.75, 3.05) is 4.90 Å². The molecule has 0 aliphatic heterocycles. The monoisotopic (exact) mass is 509 g/mol. The van der Waals surface area contributed by atoms with Gasteiger partial charge in [0, 0.05) is 30.2 Å². The van der Waals surface area contributed by atoms with E-state index >= 15 is 0 Å². The lowest BCUT2D eigenvalue weighted by atomic mass is 9.80. The van der Waals surface area contributed by atoms with Crippen LogP contribution < -0.4 is 4.90 Å². The van der Waals surface area contributed by atoms with Crippen molar-refractivity contribution in [1.82, 2.24) is 0 Å². The number of allylic oxidation sites excluding steroid dienone is 4. The Balaban J connectivity index is 1.91. The third-order valence-corrected chi connectivity index (χ3v) is 7.75. The van der Waals surface area contributed by atoms with Crippen molar-refractivity contribution in [3.63, 3.8) is 0 Å². The molecule has 3 rings (SSSR count). The molecular formula is C30H39NO4S. The van der Waals surface area contributed by atoms with Crippen LogP contribution >= 0.6 is 11.3 Å². The predicted molar refractivity (Wildman–Crippen MR) is 147 cm³/mol. The van der Waals surface area contributed by atoms with E-state index in [9.17, 15) is 14.7 Å². The van der Waals surface area contributed by atoms with Crippen LogP contribution in [-0.4, -0.2) is 29.1 Å². The number of carboxylic acid groups (broad SMARTS) is 1. The van der Waals surface area contributed by atoms with Gasteiger partial charge in [-0.1, -0.05) is 37.5 Å². The summed E-state index contributed by atoms with van der Waals surface area (Å²) in [6.45, 7) is 14.0. The van der Waals surface area contributed by atoms with E-state index in [0.717, 1.165) is 37.0 Å². The van der Waals surface area contributed by atoms with E-state index < -0.39 is 5.97 Å². The van der Waals surface area contributed by atoms with E-state index in [4.69, 9.17) is 4.74 Å². The van der Waals surface area contributed by atoms with E-state index in [0.29, 0.717) is 35.1 Å². The highest BCUT2D eigenvalue weighted by Gasteiger charge is 2.42. The summed E-state index contributed by atoms with van der Waals surface area (Å²) in [7, 11) is 0. The number of hydrogen-bond acceptors (Lipinski definition) is 4. The van der Waals surface area contributed by atoms with Crippen molar-refractivity contribution in [1.29, 1.82) is 0 Å². The summed E-state index contributed by atoms with van der Waals surface area (Å²) in [6.07, 6.45) is 12.4. The predicted octanol–water partition coefficient (Wildman–Crippen LogP) is 7.20. The first-order valence-electron chi connectivity index (χ1n) is 12.9. The molecule has 2 fully saturated rings. The van der Waals surface area contributed by atoms with Crippen LogP contribution in [0.2, 0.25) is 0 Å². The van der Waals surface area contributed by atoms with Gasteiger partial charge >= 0.3 is 5.97 Å². The normalized spacial score (nSPS) is 24.4. The number of carbonyl (C=O) groups excluding carboxylic acids is 1. The Morgan fingerprint density at radius 1 is 1.22 bits per heavy atom. The molecule has 5 nitrogen and oxygen atoms in total. The van der Waals surface area contributed by atoms with Gasteiger partial charge in [0.15, 0.2) is 0 Å². The fourth-order valence-corrected chi connectivity index (χ4v) is 5.45. The summed E-state index contributed by atoms with van der Waals surface area (Å²) in [4.78, 5) is 28.7. The van der Waals surface area contributed by atoms with E-state index in [-0.39, 0.29) is 34.3 Å². The molecule has 1 aromatic heterocycles. The molecule has 1 N–H and O–H groups in total. The second kappa shape index (κ2) is 12.0. The van der Waals surface area contributed by atoms with Crippen molar-refractivity contribution in [2.45, 2.75) is 85.3 Å². The number of rotatable bonds is 8. The Kier molecular flexibility index (Phi) is 9.24. The van der Waals surface area contributed by atoms with E-state index in [2.05, 4.69) is 25.3 Å². The zero-order chi connectivity index (χ0) is 26.5. The number of nitrogens with zero attached hydrogens (tertiary/aromatic N) is 1. The molecule has 0 radical (unpaired) electrons. The van der Waals surface area contributed by atoms with Gasteiger partial charge in [0.1, 0.15) is 16.7 Å². The van der Waals surface area contributed by atoms with Gasteiger partial charge in [0.05, 0.1) is 10.6 Å². The van der Waals surface area contributed by atoms with Crippen molar-refractivity contribution in [3.8, 4) is 11.8 Å². The van der Waals surface area contributed by atoms with Gasteiger partial charge < -0.3 is 14.7 Å². The lowest BCUT2D eigenvalue weighted by molar-refractivity contribution is -0.125. The lowest BCUT2D eigenvalue weighted by Crippen LogP contribution is -2.53. The first-order valence-corrected chi connectivity index (χ1v) is 13.7. The lowest BCUT2D eigenvalue weighted by Gasteiger charge is -2.44. The van der Waals surface area contributed by atoms with Crippen molar-refractivity contribution >= 4 is 28.9 Å². The molecule has 2 aliphatic rings. The van der Waals surface area contributed by atoms with Gasteiger partial charge in [0.25, 0.3) is 0 Å². The minimum atomic E-state index is -1.02. The maximum absolute atomic E-state index is 13.9. The first kappa shape index (κ1) is 27.8. The Bertz CT molecular complexity index is 1080. The number of anilines is 1. The summed E-state index contributed by atoms with van der Waals surface area (Å²) < 4.78 is 6.07. The maximum Gasteiger partial charge on any atom is 0.348 e. The van der Waals surface area contributed by atoms with Crippen molar-refractivity contribution in [3.05, 3.63) is 52.5 Å². The summed E-state index contributed by atoms with van der Waals surface area (Å²) >= 11 is 1.15. The fourth-order valence-electron chi connectivity index (χ4n) is 4.61. The van der Waals surface area contributed by atoms with Gasteiger partial charge in [-0.3, -0.25) is 4.79 Å². The highest BCUT2D eigenvalue weighted by Crippen LogP contribution is 2.41. The number of ether oxygens (including phenoxy) is 1. The molecule has 0 saturated heterocycles. The zero-order valence-corrected chi connectivity index (χ0v) is 23.0. The average molecular weight is 510 g/mol. The van der Waals surface area contributed by atoms with Crippen LogP contribution in [0.15, 0.2) is 42.7 Å². The van der Waals surface area contributed by atoms with E-state index in [1.807, 2.05) is 45.9 Å². The SMILES string of the molecule is C=C/C(=C\C=C/C)OC1CC(N(C(=O)C2CCC(C)CC2)c2cc(C#CC(C)(C)C)sc2C(=O)O)C1. The van der Waals surface area contributed by atoms with Gasteiger partial charge in [-0.15, -0.1) is 11.3 Å². The Labute approximate surface area is 219 Å². The number of aromatic carboxylic acids is 1. The highest BCUT2D eigenvalue weighted by atomic mass is 32.1. The molecule has 194 valence electrons. The smallest absolute Gasteiger partial charge is 0.348 e. The molecule has 6 heteroatoms. The van der Waals surface area contributed by atoms with E-state index in [1.54, 1.807) is 17.0 Å².